The number of alkyl halides is 1. The minimum atomic E-state index is -1.08. The lowest BCUT2D eigenvalue weighted by atomic mass is 9.82. The molecule has 0 unspecified atom stereocenters. The van der Waals surface area contributed by atoms with E-state index in [0.717, 1.165) is 52.8 Å². The molecule has 1 aliphatic heterocycles. The van der Waals surface area contributed by atoms with Crippen LogP contribution >= 0.6 is 0 Å². The lowest BCUT2D eigenvalue weighted by Gasteiger charge is -2.33. The van der Waals surface area contributed by atoms with Crippen LogP contribution in [0, 0.1) is 6.57 Å². The monoisotopic (exact) mass is 547 g/mol. The SMILES string of the molecule is [C-]#[N+]c1ccc(-c2cc(C3CC3)nc(N3Cc4ccc(CNCC5(F)CCC5)cc4C3=O)c2)c(-c2nncn2C)c1. The summed E-state index contributed by atoms with van der Waals surface area (Å²) in [6, 6.07) is 15.6. The van der Waals surface area contributed by atoms with Gasteiger partial charge in [0.05, 0.1) is 13.1 Å². The number of hydrogen-bond acceptors (Lipinski definition) is 5. The van der Waals surface area contributed by atoms with Crippen molar-refractivity contribution in [3.63, 3.8) is 0 Å². The summed E-state index contributed by atoms with van der Waals surface area (Å²) in [6.07, 6.45) is 5.99. The normalized spacial score (nSPS) is 17.3. The van der Waals surface area contributed by atoms with Gasteiger partial charge in [0.2, 0.25) is 0 Å². The predicted molar refractivity (Wildman–Crippen MR) is 154 cm³/mol. The first-order valence-corrected chi connectivity index (χ1v) is 14.1. The minimum absolute atomic E-state index is 0.0777. The average molecular weight is 548 g/mol. The van der Waals surface area contributed by atoms with Crippen LogP contribution in [0.4, 0.5) is 15.9 Å². The van der Waals surface area contributed by atoms with E-state index in [0.29, 0.717) is 61.3 Å². The zero-order valence-electron chi connectivity index (χ0n) is 22.9. The van der Waals surface area contributed by atoms with Gasteiger partial charge in [-0.25, -0.2) is 14.2 Å². The van der Waals surface area contributed by atoms with Gasteiger partial charge in [-0.05, 0) is 78.6 Å². The number of anilines is 1. The van der Waals surface area contributed by atoms with E-state index < -0.39 is 5.67 Å². The van der Waals surface area contributed by atoms with Crippen LogP contribution in [-0.4, -0.2) is 37.9 Å². The van der Waals surface area contributed by atoms with E-state index in [2.05, 4.69) is 26.4 Å². The number of aryl methyl sites for hydroxylation is 1. The Balaban J connectivity index is 1.21. The predicted octanol–water partition coefficient (Wildman–Crippen LogP) is 6.11. The molecule has 8 nitrogen and oxygen atoms in total. The number of nitrogens with zero attached hydrogens (tertiary/aromatic N) is 6. The summed E-state index contributed by atoms with van der Waals surface area (Å²) in [4.78, 5) is 24.1. The molecule has 0 spiro atoms. The highest BCUT2D eigenvalue weighted by atomic mass is 19.1. The summed E-state index contributed by atoms with van der Waals surface area (Å²) in [5.74, 6) is 1.58. The molecule has 2 aromatic heterocycles. The number of aromatic nitrogens is 4. The molecular weight excluding hydrogens is 517 g/mol. The van der Waals surface area contributed by atoms with Gasteiger partial charge in [0.15, 0.2) is 11.5 Å². The van der Waals surface area contributed by atoms with Crippen molar-refractivity contribution in [3.05, 3.63) is 88.7 Å². The van der Waals surface area contributed by atoms with Crippen molar-refractivity contribution in [1.29, 1.82) is 0 Å². The Morgan fingerprint density at radius 2 is 1.95 bits per heavy atom. The molecule has 1 N–H and O–H groups in total. The zero-order chi connectivity index (χ0) is 28.1. The Bertz CT molecular complexity index is 1710. The van der Waals surface area contributed by atoms with Crippen molar-refractivity contribution in [2.75, 3.05) is 11.4 Å². The van der Waals surface area contributed by atoms with Gasteiger partial charge in [0.25, 0.3) is 5.91 Å². The van der Waals surface area contributed by atoms with Crippen molar-refractivity contribution in [2.24, 2.45) is 7.05 Å². The molecule has 0 saturated heterocycles. The van der Waals surface area contributed by atoms with Crippen LogP contribution in [0.5, 0.6) is 0 Å². The summed E-state index contributed by atoms with van der Waals surface area (Å²) in [7, 11) is 1.88. The maximum absolute atomic E-state index is 14.4. The van der Waals surface area contributed by atoms with Crippen molar-refractivity contribution in [3.8, 4) is 22.5 Å². The van der Waals surface area contributed by atoms with E-state index in [1.165, 1.54) is 0 Å². The summed E-state index contributed by atoms with van der Waals surface area (Å²) in [6.45, 7) is 8.84. The van der Waals surface area contributed by atoms with E-state index in [-0.39, 0.29) is 5.91 Å². The third-order valence-electron chi connectivity index (χ3n) is 8.50. The van der Waals surface area contributed by atoms with Crippen molar-refractivity contribution in [2.45, 2.75) is 56.8 Å². The molecule has 4 aromatic rings. The molecule has 9 heteroatoms. The van der Waals surface area contributed by atoms with Crippen molar-refractivity contribution in [1.82, 2.24) is 25.1 Å². The van der Waals surface area contributed by atoms with Crippen LogP contribution in [0.3, 0.4) is 0 Å². The fourth-order valence-electron chi connectivity index (χ4n) is 5.80. The first kappa shape index (κ1) is 25.5. The van der Waals surface area contributed by atoms with Gasteiger partial charge >= 0.3 is 0 Å². The Labute approximate surface area is 238 Å². The van der Waals surface area contributed by atoms with E-state index in [4.69, 9.17) is 11.6 Å². The highest BCUT2D eigenvalue weighted by Gasteiger charge is 2.36. The van der Waals surface area contributed by atoms with Crippen LogP contribution < -0.4 is 10.2 Å². The van der Waals surface area contributed by atoms with Gasteiger partial charge in [-0.1, -0.05) is 24.3 Å². The second-order valence-corrected chi connectivity index (χ2v) is 11.5. The second-order valence-electron chi connectivity index (χ2n) is 11.5. The smallest absolute Gasteiger partial charge is 0.260 e. The molecule has 1 amide bonds. The Morgan fingerprint density at radius 1 is 1.10 bits per heavy atom. The van der Waals surface area contributed by atoms with Gasteiger partial charge < -0.3 is 9.88 Å². The third-order valence-corrected chi connectivity index (χ3v) is 8.50. The number of fused-ring (bicyclic) bond motifs is 1. The molecule has 206 valence electrons. The largest absolute Gasteiger partial charge is 0.317 e. The molecular formula is C32H30FN7O. The second kappa shape index (κ2) is 9.89. The Morgan fingerprint density at radius 3 is 2.66 bits per heavy atom. The first-order valence-electron chi connectivity index (χ1n) is 14.1. The standard InChI is InChI=1S/C32H30FN7O/c1-34-24-8-9-25(27(15-24)30-38-36-19-39(30)2)23-13-28(21-6-7-21)37-29(14-23)40-17-22-5-4-20(12-26(22)31(40)41)16-35-18-32(33)10-3-11-32/h4-5,8-9,12-15,19,21,35H,3,6-7,10-11,16-18H2,2H3. The molecule has 2 saturated carbocycles. The summed E-state index contributed by atoms with van der Waals surface area (Å²) in [5.41, 5.74) is 5.66. The lowest BCUT2D eigenvalue weighted by molar-refractivity contribution is 0.0630. The van der Waals surface area contributed by atoms with Gasteiger partial charge in [0, 0.05) is 42.9 Å². The van der Waals surface area contributed by atoms with Crippen molar-refractivity contribution < 1.29 is 9.18 Å². The molecule has 0 atom stereocenters. The number of hydrogen-bond donors (Lipinski definition) is 1. The molecule has 2 aromatic carbocycles. The molecule has 3 aliphatic rings. The molecule has 2 fully saturated rings. The van der Waals surface area contributed by atoms with Crippen LogP contribution in [0.25, 0.3) is 27.4 Å². The maximum atomic E-state index is 14.4. The van der Waals surface area contributed by atoms with Crippen LogP contribution in [0.1, 0.15) is 65.2 Å². The maximum Gasteiger partial charge on any atom is 0.260 e. The summed E-state index contributed by atoms with van der Waals surface area (Å²) >= 11 is 0. The van der Waals surface area contributed by atoms with Gasteiger partial charge in [-0.15, -0.1) is 10.2 Å². The number of halogens is 1. The van der Waals surface area contributed by atoms with E-state index in [1.54, 1.807) is 17.3 Å². The molecule has 41 heavy (non-hydrogen) atoms. The average Bonchev–Trinajstić information content (AvgIpc) is 3.66. The van der Waals surface area contributed by atoms with Gasteiger partial charge in [0.1, 0.15) is 17.8 Å². The van der Waals surface area contributed by atoms with Crippen LogP contribution in [0.15, 0.2) is 54.9 Å². The molecule has 0 bridgehead atoms. The molecule has 7 rings (SSSR count). The van der Waals surface area contributed by atoms with Crippen LogP contribution in [0.2, 0.25) is 0 Å². The highest BCUT2D eigenvalue weighted by Crippen LogP contribution is 2.43. The fourth-order valence-corrected chi connectivity index (χ4v) is 5.80. The minimum Gasteiger partial charge on any atom is -0.317 e. The third kappa shape index (κ3) is 4.78. The Hall–Kier alpha value is -4.42. The summed E-state index contributed by atoms with van der Waals surface area (Å²) in [5, 5.41) is 11.6. The van der Waals surface area contributed by atoms with E-state index in [9.17, 15) is 9.18 Å². The van der Waals surface area contributed by atoms with E-state index in [1.807, 2.05) is 48.0 Å². The number of benzene rings is 2. The van der Waals surface area contributed by atoms with Gasteiger partial charge in [-0.3, -0.25) is 9.69 Å². The van der Waals surface area contributed by atoms with E-state index >= 15 is 0 Å². The topological polar surface area (TPSA) is 80.3 Å². The zero-order valence-corrected chi connectivity index (χ0v) is 22.9. The number of carbonyl (C=O) groups excluding carboxylic acids is 1. The summed E-state index contributed by atoms with van der Waals surface area (Å²) < 4.78 is 16.2. The molecule has 2 aliphatic carbocycles. The molecule has 0 radical (unpaired) electrons. The van der Waals surface area contributed by atoms with Crippen molar-refractivity contribution >= 4 is 17.4 Å². The lowest BCUT2D eigenvalue weighted by Crippen LogP contribution is -2.42. The molecule has 3 heterocycles. The number of carbonyl (C=O) groups is 1. The fraction of sp³-hybridized carbons (Fsp3) is 0.344. The quantitative estimate of drug-likeness (QED) is 0.269. The Kier molecular flexibility index (Phi) is 6.16. The number of amides is 1. The highest BCUT2D eigenvalue weighted by molar-refractivity contribution is 6.10. The number of rotatable bonds is 8. The number of nitrogens with one attached hydrogen (secondary N) is 1. The van der Waals surface area contributed by atoms with Gasteiger partial charge in [-0.2, -0.15) is 0 Å². The van der Waals surface area contributed by atoms with Crippen LogP contribution in [-0.2, 0) is 20.1 Å². The first-order chi connectivity index (χ1) is 19.9. The number of pyridine rings is 1.